The van der Waals surface area contributed by atoms with Gasteiger partial charge in [-0.05, 0) is 43.2 Å². The molecule has 0 fully saturated rings. The lowest BCUT2D eigenvalue weighted by molar-refractivity contribution is -0.116. The van der Waals surface area contributed by atoms with Gasteiger partial charge in [0, 0.05) is 24.7 Å². The minimum Gasteiger partial charge on any atom is -0.311 e. The van der Waals surface area contributed by atoms with Crippen LogP contribution in [0.25, 0.3) is 22.0 Å². The molecule has 1 amide bonds. The van der Waals surface area contributed by atoms with E-state index in [0.29, 0.717) is 29.7 Å². The summed E-state index contributed by atoms with van der Waals surface area (Å²) in [5.74, 6) is 0.509. The van der Waals surface area contributed by atoms with Gasteiger partial charge in [-0.2, -0.15) is 0 Å². The van der Waals surface area contributed by atoms with Crippen LogP contribution in [0.15, 0.2) is 47.7 Å². The molecule has 0 saturated carbocycles. The van der Waals surface area contributed by atoms with E-state index in [1.165, 1.54) is 0 Å². The summed E-state index contributed by atoms with van der Waals surface area (Å²) < 4.78 is 1.58. The molecule has 6 heteroatoms. The van der Waals surface area contributed by atoms with Crippen LogP contribution in [0.3, 0.4) is 0 Å². The van der Waals surface area contributed by atoms with Crippen LogP contribution >= 0.6 is 0 Å². The Labute approximate surface area is 151 Å². The number of aryl methyl sites for hydroxylation is 1. The first kappa shape index (κ1) is 17.8. The van der Waals surface area contributed by atoms with Crippen molar-refractivity contribution in [2.45, 2.75) is 39.7 Å². The summed E-state index contributed by atoms with van der Waals surface area (Å²) in [4.78, 5) is 32.9. The quantitative estimate of drug-likeness (QED) is 0.737. The van der Waals surface area contributed by atoms with Gasteiger partial charge in [0.15, 0.2) is 0 Å². The second-order valence-corrected chi connectivity index (χ2v) is 6.15. The Kier molecular flexibility index (Phi) is 5.41. The maximum Gasteiger partial charge on any atom is 0.261 e. The number of carbonyl (C=O) groups excluding carboxylic acids is 1. The molecule has 0 aliphatic heterocycles. The fourth-order valence-corrected chi connectivity index (χ4v) is 2.75. The summed E-state index contributed by atoms with van der Waals surface area (Å²) in [6.07, 6.45) is 5.62. The number of hydrogen-bond acceptors (Lipinski definition) is 4. The van der Waals surface area contributed by atoms with Gasteiger partial charge in [-0.3, -0.25) is 14.2 Å². The second-order valence-electron chi connectivity index (χ2n) is 6.15. The predicted molar refractivity (Wildman–Crippen MR) is 103 cm³/mol. The van der Waals surface area contributed by atoms with Crippen molar-refractivity contribution in [2.24, 2.45) is 0 Å². The van der Waals surface area contributed by atoms with Crippen molar-refractivity contribution >= 4 is 22.6 Å². The van der Waals surface area contributed by atoms with Gasteiger partial charge >= 0.3 is 0 Å². The molecular weight excluding hydrogens is 328 g/mol. The van der Waals surface area contributed by atoms with Crippen LogP contribution in [0.2, 0.25) is 0 Å². The highest BCUT2D eigenvalue weighted by Crippen LogP contribution is 2.22. The monoisotopic (exact) mass is 350 g/mol. The van der Waals surface area contributed by atoms with E-state index in [-0.39, 0.29) is 11.5 Å². The van der Waals surface area contributed by atoms with Crippen molar-refractivity contribution in [1.29, 1.82) is 0 Å². The highest BCUT2D eigenvalue weighted by Gasteiger charge is 2.07. The molecule has 0 aliphatic rings. The summed E-state index contributed by atoms with van der Waals surface area (Å²) >= 11 is 0. The van der Waals surface area contributed by atoms with Gasteiger partial charge in [0.25, 0.3) is 5.56 Å². The number of hydrogen-bond donors (Lipinski definition) is 1. The Morgan fingerprint density at radius 3 is 2.62 bits per heavy atom. The van der Waals surface area contributed by atoms with Gasteiger partial charge < -0.3 is 5.32 Å². The topological polar surface area (TPSA) is 76.9 Å². The third-order valence-corrected chi connectivity index (χ3v) is 4.29. The van der Waals surface area contributed by atoms with E-state index in [1.54, 1.807) is 23.2 Å². The van der Waals surface area contributed by atoms with E-state index in [9.17, 15) is 9.59 Å². The average Bonchev–Trinajstić information content (AvgIpc) is 2.67. The van der Waals surface area contributed by atoms with Crippen LogP contribution in [0.5, 0.6) is 0 Å². The van der Waals surface area contributed by atoms with Gasteiger partial charge in [-0.1, -0.05) is 19.4 Å². The van der Waals surface area contributed by atoms with Crippen molar-refractivity contribution in [3.8, 4) is 11.1 Å². The number of nitrogens with one attached hydrogen (secondary N) is 1. The number of benzene rings is 1. The lowest BCUT2D eigenvalue weighted by Crippen LogP contribution is -2.19. The molecule has 3 aromatic rings. The van der Waals surface area contributed by atoms with Crippen LogP contribution < -0.4 is 10.9 Å². The molecule has 26 heavy (non-hydrogen) atoms. The molecule has 2 aromatic heterocycles. The van der Waals surface area contributed by atoms with Gasteiger partial charge in [-0.25, -0.2) is 9.97 Å². The zero-order valence-electron chi connectivity index (χ0n) is 15.0. The largest absolute Gasteiger partial charge is 0.311 e. The normalized spacial score (nSPS) is 10.8. The fraction of sp³-hybridized carbons (Fsp3) is 0.300. The van der Waals surface area contributed by atoms with Gasteiger partial charge in [0.1, 0.15) is 5.82 Å². The summed E-state index contributed by atoms with van der Waals surface area (Å²) in [7, 11) is 0. The number of pyridine rings is 1. The number of aromatic nitrogens is 3. The third kappa shape index (κ3) is 3.79. The van der Waals surface area contributed by atoms with Gasteiger partial charge in [-0.15, -0.1) is 0 Å². The minimum atomic E-state index is -0.0490. The first-order chi connectivity index (χ1) is 12.6. The van der Waals surface area contributed by atoms with Crippen molar-refractivity contribution in [3.05, 3.63) is 53.2 Å². The molecule has 3 rings (SSSR count). The Balaban J connectivity index is 1.86. The highest BCUT2D eigenvalue weighted by molar-refractivity contribution is 5.90. The Morgan fingerprint density at radius 2 is 1.92 bits per heavy atom. The Morgan fingerprint density at radius 1 is 1.12 bits per heavy atom. The zero-order chi connectivity index (χ0) is 18.5. The van der Waals surface area contributed by atoms with Crippen molar-refractivity contribution < 1.29 is 4.79 Å². The van der Waals surface area contributed by atoms with Crippen LogP contribution in [-0.2, 0) is 11.3 Å². The highest BCUT2D eigenvalue weighted by atomic mass is 16.1. The number of nitrogens with zero attached hydrogens (tertiary/aromatic N) is 3. The first-order valence-electron chi connectivity index (χ1n) is 8.88. The number of amides is 1. The molecule has 2 heterocycles. The van der Waals surface area contributed by atoms with Crippen LogP contribution in [-0.4, -0.2) is 20.4 Å². The molecule has 6 nitrogen and oxygen atoms in total. The SMILES string of the molecule is CCCCC(=O)Nc1ccc(-c2ccc3ncn(CC)c(=O)c3c2)cn1. The number of fused-ring (bicyclic) bond motifs is 1. The standard InChI is InChI=1S/C20H22N4O2/c1-3-5-6-19(25)23-18-10-8-15(12-21-18)14-7-9-17-16(11-14)20(26)24(4-2)13-22-17/h7-13H,3-6H2,1-2H3,(H,21,23,25). The number of unbranched alkanes of at least 4 members (excludes halogenated alkanes) is 1. The molecule has 0 saturated heterocycles. The van der Waals surface area contributed by atoms with Gasteiger partial charge in [0.2, 0.25) is 5.91 Å². The molecule has 0 spiro atoms. The first-order valence-corrected chi connectivity index (χ1v) is 8.88. The average molecular weight is 350 g/mol. The summed E-state index contributed by atoms with van der Waals surface area (Å²) in [5.41, 5.74) is 2.40. The van der Waals surface area contributed by atoms with E-state index in [0.717, 1.165) is 24.0 Å². The minimum absolute atomic E-state index is 0.0241. The molecular formula is C20H22N4O2. The molecule has 0 unspecified atom stereocenters. The number of anilines is 1. The Hall–Kier alpha value is -3.02. The van der Waals surface area contributed by atoms with E-state index < -0.39 is 0 Å². The van der Waals surface area contributed by atoms with Gasteiger partial charge in [0.05, 0.1) is 17.2 Å². The number of rotatable bonds is 6. The van der Waals surface area contributed by atoms with Crippen LogP contribution in [0, 0.1) is 0 Å². The maximum atomic E-state index is 12.5. The molecule has 0 aliphatic carbocycles. The van der Waals surface area contributed by atoms with Crippen molar-refractivity contribution in [1.82, 2.24) is 14.5 Å². The predicted octanol–water partition coefficient (Wildman–Crippen LogP) is 3.61. The molecule has 134 valence electrons. The van der Waals surface area contributed by atoms with Crippen LogP contribution in [0.4, 0.5) is 5.82 Å². The zero-order valence-corrected chi connectivity index (χ0v) is 15.0. The second kappa shape index (κ2) is 7.91. The summed E-state index contributed by atoms with van der Waals surface area (Å²) in [6.45, 7) is 4.55. The van der Waals surface area contributed by atoms with Crippen molar-refractivity contribution in [3.63, 3.8) is 0 Å². The molecule has 1 N–H and O–H groups in total. The summed E-state index contributed by atoms with van der Waals surface area (Å²) in [5, 5.41) is 3.38. The van der Waals surface area contributed by atoms with E-state index in [4.69, 9.17) is 0 Å². The number of carbonyl (C=O) groups is 1. The smallest absolute Gasteiger partial charge is 0.261 e. The van der Waals surface area contributed by atoms with E-state index in [1.807, 2.05) is 31.2 Å². The molecule has 1 aromatic carbocycles. The maximum absolute atomic E-state index is 12.5. The third-order valence-electron chi connectivity index (χ3n) is 4.29. The van der Waals surface area contributed by atoms with E-state index in [2.05, 4.69) is 22.2 Å². The van der Waals surface area contributed by atoms with Crippen molar-refractivity contribution in [2.75, 3.05) is 5.32 Å². The molecule has 0 atom stereocenters. The fourth-order valence-electron chi connectivity index (χ4n) is 2.75. The molecule has 0 radical (unpaired) electrons. The van der Waals surface area contributed by atoms with Crippen LogP contribution in [0.1, 0.15) is 33.1 Å². The lowest BCUT2D eigenvalue weighted by atomic mass is 10.1. The Bertz CT molecular complexity index is 977. The van der Waals surface area contributed by atoms with E-state index >= 15 is 0 Å². The lowest BCUT2D eigenvalue weighted by Gasteiger charge is -2.07. The summed E-state index contributed by atoms with van der Waals surface area (Å²) in [6, 6.07) is 9.26. The molecule has 0 bridgehead atoms.